The fourth-order valence-corrected chi connectivity index (χ4v) is 1.59. The fourth-order valence-electron chi connectivity index (χ4n) is 1.37. The summed E-state index contributed by atoms with van der Waals surface area (Å²) < 4.78 is 0. The van der Waals surface area contributed by atoms with Gasteiger partial charge in [-0.3, -0.25) is 0 Å². The summed E-state index contributed by atoms with van der Waals surface area (Å²) in [5, 5.41) is 10.8. The average Bonchev–Trinajstić information content (AvgIpc) is 2.38. The van der Waals surface area contributed by atoms with E-state index in [1.165, 1.54) is 0 Å². The SMILES string of the molecule is ClC(CNc1cccnn1)c1ccccc1. The summed E-state index contributed by atoms with van der Waals surface area (Å²) in [5.41, 5.74) is 1.10. The Balaban J connectivity index is 1.92. The lowest BCUT2D eigenvalue weighted by molar-refractivity contribution is 0.942. The molecule has 0 aliphatic heterocycles. The summed E-state index contributed by atoms with van der Waals surface area (Å²) in [6, 6.07) is 13.7. The van der Waals surface area contributed by atoms with Crippen LogP contribution in [-0.4, -0.2) is 16.7 Å². The van der Waals surface area contributed by atoms with Gasteiger partial charge in [-0.25, -0.2) is 0 Å². The van der Waals surface area contributed by atoms with Crippen molar-refractivity contribution in [2.75, 3.05) is 11.9 Å². The maximum Gasteiger partial charge on any atom is 0.148 e. The van der Waals surface area contributed by atoms with Crippen molar-refractivity contribution in [1.82, 2.24) is 10.2 Å². The van der Waals surface area contributed by atoms with Gasteiger partial charge in [0.2, 0.25) is 0 Å². The Kier molecular flexibility index (Phi) is 3.72. The third-order valence-electron chi connectivity index (χ3n) is 2.20. The smallest absolute Gasteiger partial charge is 0.148 e. The van der Waals surface area contributed by atoms with Crippen LogP contribution in [0.25, 0.3) is 0 Å². The van der Waals surface area contributed by atoms with E-state index in [0.717, 1.165) is 11.4 Å². The van der Waals surface area contributed by atoms with Gasteiger partial charge in [0, 0.05) is 12.7 Å². The van der Waals surface area contributed by atoms with E-state index < -0.39 is 0 Å². The van der Waals surface area contributed by atoms with Crippen molar-refractivity contribution >= 4 is 17.4 Å². The molecule has 4 heteroatoms. The van der Waals surface area contributed by atoms with Crippen molar-refractivity contribution in [3.63, 3.8) is 0 Å². The molecule has 1 aromatic heterocycles. The number of rotatable bonds is 4. The summed E-state index contributed by atoms with van der Waals surface area (Å²) in [5.74, 6) is 0.740. The van der Waals surface area contributed by atoms with Crippen LogP contribution >= 0.6 is 11.6 Å². The van der Waals surface area contributed by atoms with Crippen LogP contribution in [0.3, 0.4) is 0 Å². The molecule has 1 heterocycles. The van der Waals surface area contributed by atoms with E-state index >= 15 is 0 Å². The van der Waals surface area contributed by atoms with E-state index in [1.54, 1.807) is 6.20 Å². The first-order valence-corrected chi connectivity index (χ1v) is 5.50. The lowest BCUT2D eigenvalue weighted by Crippen LogP contribution is -2.09. The topological polar surface area (TPSA) is 37.8 Å². The van der Waals surface area contributed by atoms with E-state index in [2.05, 4.69) is 15.5 Å². The van der Waals surface area contributed by atoms with Crippen LogP contribution in [0.2, 0.25) is 0 Å². The largest absolute Gasteiger partial charge is 0.367 e. The summed E-state index contributed by atoms with van der Waals surface area (Å²) in [4.78, 5) is 0. The molecule has 1 atom stereocenters. The molecule has 0 saturated carbocycles. The highest BCUT2D eigenvalue weighted by atomic mass is 35.5. The zero-order valence-electron chi connectivity index (χ0n) is 8.68. The molecule has 0 radical (unpaired) electrons. The van der Waals surface area contributed by atoms with Crippen molar-refractivity contribution in [3.05, 3.63) is 54.2 Å². The Bertz CT molecular complexity index is 419. The third-order valence-corrected chi connectivity index (χ3v) is 2.60. The van der Waals surface area contributed by atoms with E-state index in [1.807, 2.05) is 42.5 Å². The van der Waals surface area contributed by atoms with Gasteiger partial charge >= 0.3 is 0 Å². The van der Waals surface area contributed by atoms with Crippen molar-refractivity contribution < 1.29 is 0 Å². The number of hydrogen-bond donors (Lipinski definition) is 1. The highest BCUT2D eigenvalue weighted by Gasteiger charge is 2.06. The van der Waals surface area contributed by atoms with Crippen molar-refractivity contribution in [1.29, 1.82) is 0 Å². The molecule has 0 bridgehead atoms. The minimum absolute atomic E-state index is 0.0665. The first-order chi connectivity index (χ1) is 7.86. The first-order valence-electron chi connectivity index (χ1n) is 5.07. The predicted octanol–water partition coefficient (Wildman–Crippen LogP) is 2.87. The van der Waals surface area contributed by atoms with Crippen molar-refractivity contribution in [3.8, 4) is 0 Å². The number of nitrogens with zero attached hydrogens (tertiary/aromatic N) is 2. The predicted molar refractivity (Wildman–Crippen MR) is 65.6 cm³/mol. The standard InChI is InChI=1S/C12H12ClN3/c13-11(10-5-2-1-3-6-10)9-14-12-7-4-8-15-16-12/h1-8,11H,9H2,(H,14,16). The first kappa shape index (κ1) is 10.9. The normalized spacial score (nSPS) is 12.1. The van der Waals surface area contributed by atoms with E-state index in [-0.39, 0.29) is 5.38 Å². The van der Waals surface area contributed by atoms with Crippen molar-refractivity contribution in [2.24, 2.45) is 0 Å². The Morgan fingerprint density at radius 1 is 1.12 bits per heavy atom. The molecule has 2 aromatic rings. The molecule has 0 fully saturated rings. The zero-order chi connectivity index (χ0) is 11.2. The van der Waals surface area contributed by atoms with Crippen LogP contribution in [0.15, 0.2) is 48.7 Å². The lowest BCUT2D eigenvalue weighted by atomic mass is 10.1. The van der Waals surface area contributed by atoms with Gasteiger partial charge in [-0.1, -0.05) is 30.3 Å². The minimum Gasteiger partial charge on any atom is -0.367 e. The monoisotopic (exact) mass is 233 g/mol. The van der Waals surface area contributed by atoms with Gasteiger partial charge in [-0.15, -0.1) is 16.7 Å². The second-order valence-electron chi connectivity index (χ2n) is 3.37. The molecule has 3 nitrogen and oxygen atoms in total. The molecular formula is C12H12ClN3. The summed E-state index contributed by atoms with van der Waals surface area (Å²) in [6.45, 7) is 0.629. The molecule has 16 heavy (non-hydrogen) atoms. The van der Waals surface area contributed by atoms with E-state index in [4.69, 9.17) is 11.6 Å². The Morgan fingerprint density at radius 2 is 1.94 bits per heavy atom. The Labute approximate surface area is 99.5 Å². The quantitative estimate of drug-likeness (QED) is 0.826. The molecule has 1 N–H and O–H groups in total. The summed E-state index contributed by atoms with van der Waals surface area (Å²) >= 11 is 6.25. The van der Waals surface area contributed by atoms with Crippen LogP contribution in [0.1, 0.15) is 10.9 Å². The second kappa shape index (κ2) is 5.47. The van der Waals surface area contributed by atoms with Gasteiger partial charge in [0.15, 0.2) is 0 Å². The second-order valence-corrected chi connectivity index (χ2v) is 3.89. The summed E-state index contributed by atoms with van der Waals surface area (Å²) in [6.07, 6.45) is 1.64. The molecule has 0 amide bonds. The molecule has 1 unspecified atom stereocenters. The number of hydrogen-bond acceptors (Lipinski definition) is 3. The van der Waals surface area contributed by atoms with E-state index in [0.29, 0.717) is 6.54 Å². The van der Waals surface area contributed by atoms with Crippen LogP contribution in [0.5, 0.6) is 0 Å². The number of benzene rings is 1. The number of nitrogens with one attached hydrogen (secondary N) is 1. The van der Waals surface area contributed by atoms with Crippen LogP contribution in [0, 0.1) is 0 Å². The number of alkyl halides is 1. The van der Waals surface area contributed by atoms with Gasteiger partial charge < -0.3 is 5.32 Å². The maximum absolute atomic E-state index is 6.25. The van der Waals surface area contributed by atoms with Gasteiger partial charge in [0.25, 0.3) is 0 Å². The highest BCUT2D eigenvalue weighted by Crippen LogP contribution is 2.19. The molecule has 2 rings (SSSR count). The highest BCUT2D eigenvalue weighted by molar-refractivity contribution is 6.21. The average molecular weight is 234 g/mol. The minimum atomic E-state index is -0.0665. The number of anilines is 1. The van der Waals surface area contributed by atoms with Crippen LogP contribution in [0.4, 0.5) is 5.82 Å². The molecule has 1 aromatic carbocycles. The lowest BCUT2D eigenvalue weighted by Gasteiger charge is -2.10. The fraction of sp³-hybridized carbons (Fsp3) is 0.167. The molecule has 0 spiro atoms. The zero-order valence-corrected chi connectivity index (χ0v) is 9.43. The van der Waals surface area contributed by atoms with Gasteiger partial charge in [0.1, 0.15) is 5.82 Å². The van der Waals surface area contributed by atoms with Gasteiger partial charge in [-0.2, -0.15) is 5.10 Å². The molecule has 0 saturated heterocycles. The molecular weight excluding hydrogens is 222 g/mol. The van der Waals surface area contributed by atoms with Crippen LogP contribution in [-0.2, 0) is 0 Å². The Morgan fingerprint density at radius 3 is 2.62 bits per heavy atom. The number of aromatic nitrogens is 2. The number of halogens is 1. The van der Waals surface area contributed by atoms with Gasteiger partial charge in [-0.05, 0) is 17.7 Å². The molecule has 82 valence electrons. The van der Waals surface area contributed by atoms with Crippen molar-refractivity contribution in [2.45, 2.75) is 5.38 Å². The molecule has 0 aliphatic carbocycles. The molecule has 0 aliphatic rings. The Hall–Kier alpha value is -1.61. The van der Waals surface area contributed by atoms with Crippen LogP contribution < -0.4 is 5.32 Å². The van der Waals surface area contributed by atoms with E-state index in [9.17, 15) is 0 Å². The maximum atomic E-state index is 6.25. The van der Waals surface area contributed by atoms with Gasteiger partial charge in [0.05, 0.1) is 5.38 Å². The third kappa shape index (κ3) is 2.94. The summed E-state index contributed by atoms with van der Waals surface area (Å²) in [7, 11) is 0.